The Kier molecular flexibility index (Phi) is 3.42. The normalized spacial score (nSPS) is 37.9. The van der Waals surface area contributed by atoms with E-state index in [1.807, 2.05) is 0 Å². The van der Waals surface area contributed by atoms with Crippen LogP contribution in [0.2, 0.25) is 0 Å². The summed E-state index contributed by atoms with van der Waals surface area (Å²) in [5.74, 6) is 1.74. The van der Waals surface area contributed by atoms with Crippen LogP contribution >= 0.6 is 0 Å². The summed E-state index contributed by atoms with van der Waals surface area (Å²) < 4.78 is 5.51. The lowest BCUT2D eigenvalue weighted by molar-refractivity contribution is 0.0186. The van der Waals surface area contributed by atoms with E-state index in [9.17, 15) is 0 Å². The molecule has 3 heterocycles. The average molecular weight is 238 g/mol. The van der Waals surface area contributed by atoms with Crippen LogP contribution in [0.25, 0.3) is 0 Å². The van der Waals surface area contributed by atoms with Gasteiger partial charge in [-0.25, -0.2) is 0 Å². The Bertz CT molecular complexity index is 263. The number of likely N-dealkylation sites (tertiary alicyclic amines) is 1. The van der Waals surface area contributed by atoms with Gasteiger partial charge in [0.25, 0.3) is 0 Å². The maximum absolute atomic E-state index is 5.51. The van der Waals surface area contributed by atoms with E-state index in [1.165, 1.54) is 52.0 Å². The molecule has 2 atom stereocenters. The van der Waals surface area contributed by atoms with Gasteiger partial charge in [0, 0.05) is 26.3 Å². The Morgan fingerprint density at radius 1 is 1.24 bits per heavy atom. The number of nitrogens with one attached hydrogen (secondary N) is 1. The Labute approximate surface area is 105 Å². The molecule has 0 saturated carbocycles. The van der Waals surface area contributed by atoms with Gasteiger partial charge in [0.2, 0.25) is 0 Å². The van der Waals surface area contributed by atoms with Crippen LogP contribution in [0.4, 0.5) is 0 Å². The van der Waals surface area contributed by atoms with Crippen LogP contribution in [0.15, 0.2) is 0 Å². The van der Waals surface area contributed by atoms with Crippen molar-refractivity contribution in [2.75, 3.05) is 45.9 Å². The number of hydrogen-bond acceptors (Lipinski definition) is 3. The molecule has 3 aliphatic heterocycles. The fraction of sp³-hybridized carbons (Fsp3) is 1.00. The highest BCUT2D eigenvalue weighted by atomic mass is 16.5. The summed E-state index contributed by atoms with van der Waals surface area (Å²) in [4.78, 5) is 2.72. The van der Waals surface area contributed by atoms with Crippen molar-refractivity contribution < 1.29 is 4.74 Å². The Morgan fingerprint density at radius 3 is 2.76 bits per heavy atom. The van der Waals surface area contributed by atoms with Crippen LogP contribution in [0.5, 0.6) is 0 Å². The molecule has 0 unspecified atom stereocenters. The van der Waals surface area contributed by atoms with Gasteiger partial charge in [0.05, 0.1) is 0 Å². The molecule has 1 spiro atoms. The second-order valence-corrected chi connectivity index (χ2v) is 6.49. The van der Waals surface area contributed by atoms with Crippen molar-refractivity contribution in [2.24, 2.45) is 17.3 Å². The summed E-state index contributed by atoms with van der Waals surface area (Å²) >= 11 is 0. The van der Waals surface area contributed by atoms with Crippen molar-refractivity contribution in [3.05, 3.63) is 0 Å². The van der Waals surface area contributed by atoms with Crippen molar-refractivity contribution in [1.29, 1.82) is 0 Å². The highest BCUT2D eigenvalue weighted by molar-refractivity contribution is 4.93. The first kappa shape index (κ1) is 11.9. The smallest absolute Gasteiger partial charge is 0.0471 e. The summed E-state index contributed by atoms with van der Waals surface area (Å²) in [7, 11) is 0. The molecule has 0 aromatic heterocycles. The van der Waals surface area contributed by atoms with E-state index in [2.05, 4.69) is 17.1 Å². The number of nitrogens with zero attached hydrogens (tertiary/aromatic N) is 1. The molecule has 3 saturated heterocycles. The van der Waals surface area contributed by atoms with E-state index in [-0.39, 0.29) is 0 Å². The monoisotopic (exact) mass is 238 g/mol. The molecule has 0 radical (unpaired) electrons. The third kappa shape index (κ3) is 2.51. The van der Waals surface area contributed by atoms with E-state index in [1.54, 1.807) is 0 Å². The topological polar surface area (TPSA) is 24.5 Å². The zero-order chi connectivity index (χ0) is 11.7. The van der Waals surface area contributed by atoms with E-state index in [4.69, 9.17) is 4.74 Å². The molecular weight excluding hydrogens is 212 g/mol. The van der Waals surface area contributed by atoms with Crippen LogP contribution in [0, 0.1) is 17.3 Å². The fourth-order valence-corrected chi connectivity index (χ4v) is 3.84. The van der Waals surface area contributed by atoms with Gasteiger partial charge < -0.3 is 15.0 Å². The van der Waals surface area contributed by atoms with Crippen LogP contribution < -0.4 is 5.32 Å². The Balaban J connectivity index is 1.53. The third-order valence-electron chi connectivity index (χ3n) is 5.24. The van der Waals surface area contributed by atoms with Crippen LogP contribution in [0.1, 0.15) is 26.2 Å². The minimum atomic E-state index is 0.619. The zero-order valence-corrected chi connectivity index (χ0v) is 11.1. The summed E-state index contributed by atoms with van der Waals surface area (Å²) in [6.45, 7) is 10.8. The van der Waals surface area contributed by atoms with Crippen molar-refractivity contribution in [3.8, 4) is 0 Å². The Morgan fingerprint density at radius 2 is 2.06 bits per heavy atom. The summed E-state index contributed by atoms with van der Waals surface area (Å²) in [6, 6.07) is 0. The first-order chi connectivity index (χ1) is 8.27. The van der Waals surface area contributed by atoms with Crippen LogP contribution in [-0.4, -0.2) is 50.8 Å². The second kappa shape index (κ2) is 4.87. The molecule has 0 aromatic rings. The zero-order valence-electron chi connectivity index (χ0n) is 11.1. The molecule has 0 bridgehead atoms. The number of hydrogen-bond donors (Lipinski definition) is 1. The first-order valence-corrected chi connectivity index (χ1v) is 7.28. The lowest BCUT2D eigenvalue weighted by Crippen LogP contribution is -2.35. The molecule has 0 amide bonds. The molecule has 3 rings (SSSR count). The molecule has 3 nitrogen and oxygen atoms in total. The van der Waals surface area contributed by atoms with E-state index in [0.717, 1.165) is 25.0 Å². The van der Waals surface area contributed by atoms with Gasteiger partial charge in [-0.3, -0.25) is 0 Å². The van der Waals surface area contributed by atoms with Crippen molar-refractivity contribution in [1.82, 2.24) is 10.2 Å². The van der Waals surface area contributed by atoms with Gasteiger partial charge in [-0.1, -0.05) is 6.92 Å². The van der Waals surface area contributed by atoms with E-state index in [0.29, 0.717) is 5.41 Å². The van der Waals surface area contributed by atoms with Gasteiger partial charge >= 0.3 is 0 Å². The molecule has 98 valence electrons. The molecule has 1 N–H and O–H groups in total. The quantitative estimate of drug-likeness (QED) is 0.786. The number of rotatable bonds is 2. The van der Waals surface area contributed by atoms with Gasteiger partial charge in [-0.05, 0) is 56.1 Å². The third-order valence-corrected chi connectivity index (χ3v) is 5.24. The molecular formula is C14H26N2O. The van der Waals surface area contributed by atoms with E-state index >= 15 is 0 Å². The summed E-state index contributed by atoms with van der Waals surface area (Å²) in [5.41, 5.74) is 0.619. The predicted octanol–water partition coefficient (Wildman–Crippen LogP) is 1.34. The van der Waals surface area contributed by atoms with Gasteiger partial charge in [0.15, 0.2) is 0 Å². The lowest BCUT2D eigenvalue weighted by Gasteiger charge is -2.33. The first-order valence-electron chi connectivity index (χ1n) is 7.28. The minimum Gasteiger partial charge on any atom is -0.381 e. The maximum Gasteiger partial charge on any atom is 0.0471 e. The predicted molar refractivity (Wildman–Crippen MR) is 69.1 cm³/mol. The maximum atomic E-state index is 5.51. The van der Waals surface area contributed by atoms with Crippen molar-refractivity contribution in [2.45, 2.75) is 26.2 Å². The molecule has 3 fully saturated rings. The highest BCUT2D eigenvalue weighted by Gasteiger charge is 2.40. The fourth-order valence-electron chi connectivity index (χ4n) is 3.84. The second-order valence-electron chi connectivity index (χ2n) is 6.49. The molecule has 3 aliphatic rings. The van der Waals surface area contributed by atoms with Crippen molar-refractivity contribution >= 4 is 0 Å². The lowest BCUT2D eigenvalue weighted by atomic mass is 9.80. The molecule has 0 aromatic carbocycles. The van der Waals surface area contributed by atoms with Gasteiger partial charge in [0.1, 0.15) is 0 Å². The SMILES string of the molecule is C[C@@H]1CNC[C@H]1CN1CCC2(CCOCC2)C1. The summed E-state index contributed by atoms with van der Waals surface area (Å²) in [6.07, 6.45) is 3.99. The van der Waals surface area contributed by atoms with Crippen LogP contribution in [0.3, 0.4) is 0 Å². The molecule has 3 heteroatoms. The Hall–Kier alpha value is -0.120. The standard InChI is InChI=1S/C14H26N2O/c1-12-8-15-9-13(12)10-16-5-2-14(11-16)3-6-17-7-4-14/h12-13,15H,2-11H2,1H3/t12-,13+/m1/s1. The van der Waals surface area contributed by atoms with Crippen LogP contribution in [-0.2, 0) is 4.74 Å². The average Bonchev–Trinajstić information content (AvgIpc) is 2.90. The summed E-state index contributed by atoms with van der Waals surface area (Å²) in [5, 5.41) is 3.52. The minimum absolute atomic E-state index is 0.619. The van der Waals surface area contributed by atoms with Gasteiger partial charge in [-0.2, -0.15) is 0 Å². The highest BCUT2D eigenvalue weighted by Crippen LogP contribution is 2.40. The largest absolute Gasteiger partial charge is 0.381 e. The van der Waals surface area contributed by atoms with E-state index < -0.39 is 0 Å². The van der Waals surface area contributed by atoms with Crippen molar-refractivity contribution in [3.63, 3.8) is 0 Å². The number of ether oxygens (including phenoxy) is 1. The van der Waals surface area contributed by atoms with Gasteiger partial charge in [-0.15, -0.1) is 0 Å². The molecule has 0 aliphatic carbocycles. The molecule has 17 heavy (non-hydrogen) atoms.